The van der Waals surface area contributed by atoms with Crippen LogP contribution in [0.5, 0.6) is 0 Å². The van der Waals surface area contributed by atoms with E-state index in [1.54, 1.807) is 0 Å². The standard InChI is InChI=1S/C22H38O2S2/c1-12(25-19-8-13-6-17(15(19)10-23)21(13,2)3)26-20-9-14-7-18(16(20)11-24)22(14,4)5/h12-20,23-24H,6-11H2,1-5H3/t13-,14-,15+,16+,17+,18+,19+,20+/m1/s1. The van der Waals surface area contributed by atoms with Gasteiger partial charge < -0.3 is 10.2 Å². The van der Waals surface area contributed by atoms with Crippen LogP contribution in [0.4, 0.5) is 0 Å². The fourth-order valence-electron chi connectivity index (χ4n) is 7.12. The Kier molecular flexibility index (Phi) is 5.25. The van der Waals surface area contributed by atoms with Crippen LogP contribution in [0.15, 0.2) is 0 Å². The maximum atomic E-state index is 10.0. The van der Waals surface area contributed by atoms with E-state index in [0.29, 0.717) is 62.8 Å². The molecule has 0 radical (unpaired) electrons. The maximum Gasteiger partial charge on any atom is 0.0480 e. The summed E-state index contributed by atoms with van der Waals surface area (Å²) in [6.07, 6.45) is 5.25. The lowest BCUT2D eigenvalue weighted by atomic mass is 9.45. The molecule has 26 heavy (non-hydrogen) atoms. The molecule has 0 saturated heterocycles. The molecule has 2 N–H and O–H groups in total. The van der Waals surface area contributed by atoms with Gasteiger partial charge in [0.15, 0.2) is 0 Å². The van der Waals surface area contributed by atoms with E-state index in [1.165, 1.54) is 25.7 Å². The van der Waals surface area contributed by atoms with Gasteiger partial charge in [-0.3, -0.25) is 0 Å². The van der Waals surface area contributed by atoms with Gasteiger partial charge in [-0.2, -0.15) is 0 Å². The molecule has 6 aliphatic rings. The number of hydrogen-bond acceptors (Lipinski definition) is 4. The third-order valence-electron chi connectivity index (χ3n) is 9.27. The van der Waals surface area contributed by atoms with Crippen molar-refractivity contribution in [1.82, 2.24) is 0 Å². The first-order valence-corrected chi connectivity index (χ1v) is 12.6. The van der Waals surface area contributed by atoms with Crippen LogP contribution in [0.2, 0.25) is 0 Å². The van der Waals surface area contributed by atoms with E-state index >= 15 is 0 Å². The summed E-state index contributed by atoms with van der Waals surface area (Å²) in [6, 6.07) is 0. The molecule has 0 amide bonds. The summed E-state index contributed by atoms with van der Waals surface area (Å²) in [5.41, 5.74) is 0.887. The molecule has 6 saturated carbocycles. The van der Waals surface area contributed by atoms with E-state index in [-0.39, 0.29) is 0 Å². The zero-order chi connectivity index (χ0) is 18.9. The molecule has 4 heteroatoms. The zero-order valence-corrected chi connectivity index (χ0v) is 18.8. The first kappa shape index (κ1) is 19.9. The lowest BCUT2D eigenvalue weighted by molar-refractivity contribution is -0.113. The van der Waals surface area contributed by atoms with E-state index < -0.39 is 0 Å². The van der Waals surface area contributed by atoms with Crippen molar-refractivity contribution in [3.8, 4) is 0 Å². The highest BCUT2D eigenvalue weighted by Crippen LogP contribution is 2.65. The minimum absolute atomic E-state index is 0.358. The highest BCUT2D eigenvalue weighted by atomic mass is 32.2. The van der Waals surface area contributed by atoms with Crippen LogP contribution >= 0.6 is 23.5 Å². The Labute approximate surface area is 168 Å². The summed E-state index contributed by atoms with van der Waals surface area (Å²) in [5, 5.41) is 21.3. The third kappa shape index (κ3) is 2.92. The largest absolute Gasteiger partial charge is 0.396 e. The fraction of sp³-hybridized carbons (Fsp3) is 1.00. The van der Waals surface area contributed by atoms with Gasteiger partial charge in [0.05, 0.1) is 0 Å². The second-order valence-electron chi connectivity index (χ2n) is 10.8. The van der Waals surface area contributed by atoms with Crippen molar-refractivity contribution in [2.75, 3.05) is 13.2 Å². The SMILES string of the molecule is CC(S[C@H]1C[C@H]2C[C@@H]([C@@H]1CO)C2(C)C)S[C@H]1C[C@H]2C[C@@H]([C@@H]1CO)C2(C)C. The van der Waals surface area contributed by atoms with E-state index in [0.717, 1.165) is 11.8 Å². The highest BCUT2D eigenvalue weighted by Gasteiger charge is 2.59. The van der Waals surface area contributed by atoms with Crippen LogP contribution in [0.1, 0.15) is 60.3 Å². The Morgan fingerprint density at radius 2 is 1.15 bits per heavy atom. The molecular weight excluding hydrogens is 360 g/mol. The lowest BCUT2D eigenvalue weighted by Crippen LogP contribution is -2.58. The average molecular weight is 399 g/mol. The summed E-state index contributed by atoms with van der Waals surface area (Å²) >= 11 is 4.26. The first-order valence-electron chi connectivity index (χ1n) is 10.7. The van der Waals surface area contributed by atoms with Crippen LogP contribution in [0.25, 0.3) is 0 Å². The van der Waals surface area contributed by atoms with Crippen molar-refractivity contribution < 1.29 is 10.2 Å². The second-order valence-corrected chi connectivity index (χ2v) is 14.3. The van der Waals surface area contributed by atoms with Crippen molar-refractivity contribution in [1.29, 1.82) is 0 Å². The van der Waals surface area contributed by atoms with Crippen LogP contribution in [0, 0.1) is 46.3 Å². The van der Waals surface area contributed by atoms with Crippen LogP contribution in [0.3, 0.4) is 0 Å². The van der Waals surface area contributed by atoms with E-state index in [4.69, 9.17) is 0 Å². The summed E-state index contributed by atoms with van der Waals surface area (Å²) in [6.45, 7) is 12.7. The third-order valence-corrected chi connectivity index (χ3v) is 12.5. The molecule has 6 aliphatic carbocycles. The molecule has 0 unspecified atom stereocenters. The van der Waals surface area contributed by atoms with Gasteiger partial charge in [-0.05, 0) is 78.9 Å². The van der Waals surface area contributed by atoms with Crippen molar-refractivity contribution in [2.24, 2.45) is 46.3 Å². The van der Waals surface area contributed by atoms with Gasteiger partial charge in [0, 0.05) is 28.3 Å². The summed E-state index contributed by atoms with van der Waals surface area (Å²) in [4.78, 5) is 0. The Morgan fingerprint density at radius 3 is 1.46 bits per heavy atom. The van der Waals surface area contributed by atoms with Crippen LogP contribution in [-0.4, -0.2) is 38.5 Å². The molecule has 8 atom stereocenters. The monoisotopic (exact) mass is 398 g/mol. The van der Waals surface area contributed by atoms with E-state index in [1.807, 2.05) is 0 Å². The smallest absolute Gasteiger partial charge is 0.0480 e. The Hall–Kier alpha value is 0.620. The molecule has 6 rings (SSSR count). The van der Waals surface area contributed by atoms with Gasteiger partial charge in [-0.15, -0.1) is 23.5 Å². The van der Waals surface area contributed by atoms with Crippen LogP contribution in [-0.2, 0) is 0 Å². The molecule has 0 spiro atoms. The fourth-order valence-corrected chi connectivity index (χ4v) is 10.9. The predicted molar refractivity (Wildman–Crippen MR) is 113 cm³/mol. The summed E-state index contributed by atoms with van der Waals surface area (Å²) in [7, 11) is 0. The van der Waals surface area contributed by atoms with Gasteiger partial charge in [0.1, 0.15) is 0 Å². The minimum atomic E-state index is 0.358. The number of aliphatic hydroxyl groups is 2. The normalized spacial score (nSPS) is 48.0. The molecule has 0 aromatic carbocycles. The zero-order valence-electron chi connectivity index (χ0n) is 17.1. The Morgan fingerprint density at radius 1 is 0.769 bits per heavy atom. The molecule has 2 nitrogen and oxygen atoms in total. The number of fused-ring (bicyclic) bond motifs is 4. The molecule has 4 bridgehead atoms. The Bertz CT molecular complexity index is 488. The molecule has 0 aromatic heterocycles. The van der Waals surface area contributed by atoms with Crippen molar-refractivity contribution in [2.45, 2.75) is 75.4 Å². The minimum Gasteiger partial charge on any atom is -0.396 e. The topological polar surface area (TPSA) is 40.5 Å². The molecule has 0 heterocycles. The van der Waals surface area contributed by atoms with Gasteiger partial charge in [0.2, 0.25) is 0 Å². The quantitative estimate of drug-likeness (QED) is 0.625. The average Bonchev–Trinajstić information content (AvgIpc) is 2.60. The second kappa shape index (κ2) is 6.85. The van der Waals surface area contributed by atoms with Gasteiger partial charge in [-0.1, -0.05) is 27.7 Å². The molecule has 0 aliphatic heterocycles. The molecule has 150 valence electrons. The predicted octanol–water partition coefficient (Wildman–Crippen LogP) is 4.89. The molecule has 0 aromatic rings. The van der Waals surface area contributed by atoms with Gasteiger partial charge in [0.25, 0.3) is 0 Å². The number of thioether (sulfide) groups is 2. The number of hydrogen-bond donors (Lipinski definition) is 2. The molecular formula is C22H38O2S2. The number of rotatable bonds is 6. The Balaban J connectivity index is 1.35. The van der Waals surface area contributed by atoms with Crippen molar-refractivity contribution >= 4 is 23.5 Å². The molecule has 6 fully saturated rings. The van der Waals surface area contributed by atoms with Crippen molar-refractivity contribution in [3.63, 3.8) is 0 Å². The van der Waals surface area contributed by atoms with Gasteiger partial charge >= 0.3 is 0 Å². The van der Waals surface area contributed by atoms with Crippen LogP contribution < -0.4 is 0 Å². The van der Waals surface area contributed by atoms with E-state index in [2.05, 4.69) is 58.1 Å². The maximum absolute atomic E-state index is 10.0. The lowest BCUT2D eigenvalue weighted by Gasteiger charge is -2.63. The summed E-state index contributed by atoms with van der Waals surface area (Å²) in [5.74, 6) is 4.12. The highest BCUT2D eigenvalue weighted by molar-refractivity contribution is 8.17. The van der Waals surface area contributed by atoms with E-state index in [9.17, 15) is 10.2 Å². The van der Waals surface area contributed by atoms with Crippen molar-refractivity contribution in [3.05, 3.63) is 0 Å². The number of aliphatic hydroxyl groups excluding tert-OH is 2. The summed E-state index contributed by atoms with van der Waals surface area (Å²) < 4.78 is 0.564. The first-order chi connectivity index (χ1) is 12.2. The van der Waals surface area contributed by atoms with Gasteiger partial charge in [-0.25, -0.2) is 0 Å².